The largest absolute Gasteiger partial charge is 0.364 e. The molecule has 0 aromatic carbocycles. The maximum atomic E-state index is 11.9. The van der Waals surface area contributed by atoms with Crippen molar-refractivity contribution in [1.29, 1.82) is 0 Å². The number of nitroso groups, excluding NO2 is 1. The molecule has 16 heavy (non-hydrogen) atoms. The molecule has 1 aromatic rings. The van der Waals surface area contributed by atoms with Gasteiger partial charge in [-0.15, -0.1) is 4.91 Å². The van der Waals surface area contributed by atoms with E-state index in [0.29, 0.717) is 0 Å². The van der Waals surface area contributed by atoms with E-state index in [1.54, 1.807) is 0 Å². The third-order valence-corrected chi connectivity index (χ3v) is 1.81. The molecule has 0 radical (unpaired) electrons. The molecule has 0 spiro atoms. The molecule has 88 valence electrons. The van der Waals surface area contributed by atoms with Crippen molar-refractivity contribution < 1.29 is 8.78 Å². The molecular formula is C7H8F2N4O3. The van der Waals surface area contributed by atoms with Gasteiger partial charge in [-0.25, -0.2) is 13.6 Å². The number of anilines is 1. The fourth-order valence-electron chi connectivity index (χ4n) is 1.07. The van der Waals surface area contributed by atoms with Crippen LogP contribution in [0, 0.1) is 4.91 Å². The summed E-state index contributed by atoms with van der Waals surface area (Å²) in [5.74, 6) is -0.330. The summed E-state index contributed by atoms with van der Waals surface area (Å²) in [6, 6.07) is 0. The molecule has 0 aliphatic carbocycles. The van der Waals surface area contributed by atoms with E-state index in [-0.39, 0.29) is 5.82 Å². The average Bonchev–Trinajstić information content (AvgIpc) is 2.20. The molecule has 0 unspecified atom stereocenters. The maximum absolute atomic E-state index is 11.9. The van der Waals surface area contributed by atoms with Crippen molar-refractivity contribution in [2.45, 2.75) is 6.43 Å². The second-order valence-electron chi connectivity index (χ2n) is 2.88. The van der Waals surface area contributed by atoms with Crippen molar-refractivity contribution in [3.63, 3.8) is 0 Å². The molecule has 0 bridgehead atoms. The first-order valence-electron chi connectivity index (χ1n) is 4.16. The second kappa shape index (κ2) is 4.64. The first kappa shape index (κ1) is 12.0. The third kappa shape index (κ3) is 2.30. The lowest BCUT2D eigenvalue weighted by Gasteiger charge is -2.10. The summed E-state index contributed by atoms with van der Waals surface area (Å²) in [7, 11) is 1.21. The number of H-pyrrole nitrogens is 1. The predicted octanol–water partition coefficient (Wildman–Crippen LogP) is 0.148. The van der Waals surface area contributed by atoms with Gasteiger partial charge in [0.1, 0.15) is 5.82 Å². The fourth-order valence-corrected chi connectivity index (χ4v) is 1.07. The van der Waals surface area contributed by atoms with E-state index in [9.17, 15) is 23.3 Å². The summed E-state index contributed by atoms with van der Waals surface area (Å²) in [5.41, 5.74) is -2.48. The van der Waals surface area contributed by atoms with Crippen LogP contribution in [0.25, 0.3) is 0 Å². The average molecular weight is 234 g/mol. The number of nitrogens with zero attached hydrogens (tertiary/aromatic N) is 2. The van der Waals surface area contributed by atoms with Crippen LogP contribution in [0.1, 0.15) is 0 Å². The van der Waals surface area contributed by atoms with E-state index in [0.717, 1.165) is 4.57 Å². The molecular weight excluding hydrogens is 226 g/mol. The smallest absolute Gasteiger partial charge is 0.329 e. The number of halogens is 2. The van der Waals surface area contributed by atoms with E-state index < -0.39 is 29.9 Å². The normalized spacial score (nSPS) is 10.5. The van der Waals surface area contributed by atoms with Gasteiger partial charge in [-0.2, -0.15) is 0 Å². The van der Waals surface area contributed by atoms with Crippen LogP contribution in [-0.4, -0.2) is 22.5 Å². The van der Waals surface area contributed by atoms with E-state index >= 15 is 0 Å². The van der Waals surface area contributed by atoms with Crippen LogP contribution in [0.5, 0.6) is 0 Å². The van der Waals surface area contributed by atoms with Crippen LogP contribution in [0.4, 0.5) is 20.3 Å². The van der Waals surface area contributed by atoms with Gasteiger partial charge in [-0.3, -0.25) is 14.3 Å². The van der Waals surface area contributed by atoms with Gasteiger partial charge in [0.25, 0.3) is 12.0 Å². The molecule has 0 amide bonds. The molecule has 1 heterocycles. The highest BCUT2D eigenvalue weighted by Crippen LogP contribution is 2.16. The van der Waals surface area contributed by atoms with Crippen molar-refractivity contribution >= 4 is 11.5 Å². The molecule has 9 heteroatoms. The number of alkyl halides is 2. The molecule has 7 nitrogen and oxygen atoms in total. The molecule has 2 N–H and O–H groups in total. The lowest BCUT2D eigenvalue weighted by molar-refractivity contribution is 0.163. The van der Waals surface area contributed by atoms with Gasteiger partial charge in [0.15, 0.2) is 0 Å². The maximum Gasteiger partial charge on any atom is 0.329 e. The zero-order chi connectivity index (χ0) is 12.3. The molecule has 1 rings (SSSR count). The highest BCUT2D eigenvalue weighted by Gasteiger charge is 2.14. The van der Waals surface area contributed by atoms with Crippen molar-refractivity contribution in [2.75, 3.05) is 11.9 Å². The van der Waals surface area contributed by atoms with E-state index in [2.05, 4.69) is 10.5 Å². The quantitative estimate of drug-likeness (QED) is 0.724. The van der Waals surface area contributed by atoms with Gasteiger partial charge in [-0.05, 0) is 5.18 Å². The summed E-state index contributed by atoms with van der Waals surface area (Å²) in [4.78, 5) is 34.4. The first-order chi connectivity index (χ1) is 7.47. The minimum atomic E-state index is -2.69. The Labute approximate surface area is 87.1 Å². The summed E-state index contributed by atoms with van der Waals surface area (Å²) in [5, 5.41) is 4.50. The Bertz CT molecular complexity index is 507. The molecule has 1 aromatic heterocycles. The summed E-state index contributed by atoms with van der Waals surface area (Å²) in [6.07, 6.45) is -2.69. The molecule has 0 saturated heterocycles. The second-order valence-corrected chi connectivity index (χ2v) is 2.88. The van der Waals surface area contributed by atoms with E-state index in [4.69, 9.17) is 0 Å². The van der Waals surface area contributed by atoms with E-state index in [1.165, 1.54) is 7.05 Å². The Kier molecular flexibility index (Phi) is 3.48. The number of nitrogens with one attached hydrogen (secondary N) is 2. The Morgan fingerprint density at radius 3 is 2.62 bits per heavy atom. The lowest BCUT2D eigenvalue weighted by Crippen LogP contribution is -2.31. The highest BCUT2D eigenvalue weighted by molar-refractivity contribution is 5.59. The van der Waals surface area contributed by atoms with Crippen LogP contribution in [0.2, 0.25) is 0 Å². The zero-order valence-corrected chi connectivity index (χ0v) is 8.16. The molecule has 0 saturated carbocycles. The summed E-state index contributed by atoms with van der Waals surface area (Å²) < 4.78 is 24.7. The Hall–Kier alpha value is -2.06. The topological polar surface area (TPSA) is 96.3 Å². The van der Waals surface area contributed by atoms with Crippen molar-refractivity contribution in [3.8, 4) is 0 Å². The van der Waals surface area contributed by atoms with Gasteiger partial charge in [0.2, 0.25) is 5.69 Å². The van der Waals surface area contributed by atoms with Crippen LogP contribution in [0.15, 0.2) is 14.8 Å². The minimum Gasteiger partial charge on any atom is -0.364 e. The van der Waals surface area contributed by atoms with Crippen LogP contribution in [0.3, 0.4) is 0 Å². The Morgan fingerprint density at radius 2 is 2.12 bits per heavy atom. The number of aromatic amines is 1. The lowest BCUT2D eigenvalue weighted by atomic mass is 10.4. The standard InChI is InChI=1S/C7H8F2N4O3/c1-13-5(10-2-3(8)9)4(12-16)6(14)11-7(13)15/h3,10H,2H2,1H3,(H,11,14,15). The minimum absolute atomic E-state index is 0.330. The van der Waals surface area contributed by atoms with Crippen LogP contribution in [-0.2, 0) is 7.05 Å². The van der Waals surface area contributed by atoms with Crippen LogP contribution >= 0.6 is 0 Å². The highest BCUT2D eigenvalue weighted by atomic mass is 19.3. The number of hydrogen-bond acceptors (Lipinski definition) is 5. The third-order valence-electron chi connectivity index (χ3n) is 1.81. The molecule has 0 fully saturated rings. The van der Waals surface area contributed by atoms with Gasteiger partial charge in [0.05, 0.1) is 6.54 Å². The Morgan fingerprint density at radius 1 is 1.50 bits per heavy atom. The molecule has 0 aliphatic rings. The summed E-state index contributed by atoms with van der Waals surface area (Å²) >= 11 is 0. The monoisotopic (exact) mass is 234 g/mol. The van der Waals surface area contributed by atoms with Crippen molar-refractivity contribution in [3.05, 3.63) is 25.7 Å². The zero-order valence-electron chi connectivity index (χ0n) is 8.16. The van der Waals surface area contributed by atoms with Crippen LogP contribution < -0.4 is 16.6 Å². The number of hydrogen-bond donors (Lipinski definition) is 2. The van der Waals surface area contributed by atoms with Gasteiger partial charge >= 0.3 is 5.69 Å². The number of aromatic nitrogens is 2. The first-order valence-corrected chi connectivity index (χ1v) is 4.16. The summed E-state index contributed by atoms with van der Waals surface area (Å²) in [6.45, 7) is -0.792. The van der Waals surface area contributed by atoms with Gasteiger partial charge in [0, 0.05) is 7.05 Å². The van der Waals surface area contributed by atoms with Crippen molar-refractivity contribution in [2.24, 2.45) is 12.2 Å². The van der Waals surface area contributed by atoms with Gasteiger partial charge < -0.3 is 5.32 Å². The van der Waals surface area contributed by atoms with Gasteiger partial charge in [-0.1, -0.05) is 0 Å². The molecule has 0 atom stereocenters. The fraction of sp³-hybridized carbons (Fsp3) is 0.429. The number of rotatable bonds is 4. The predicted molar refractivity (Wildman–Crippen MR) is 52.3 cm³/mol. The SMILES string of the molecule is Cn1c(NCC(F)F)c(N=O)c(=O)[nH]c1=O. The Balaban J connectivity index is 3.28. The van der Waals surface area contributed by atoms with E-state index in [1.807, 2.05) is 4.98 Å². The molecule has 0 aliphatic heterocycles. The van der Waals surface area contributed by atoms with Crippen molar-refractivity contribution in [1.82, 2.24) is 9.55 Å².